The molecule has 9 atom stereocenters. The standard InChI is InChI=1S/C52H71ClN10O3S/c1-5-21-62-47(19-18-44(60-62)51(64)56-40-13-16-41(17-14-40)66-42-15-12-37(29-54)43(53)27-42)61-22-6-7-38(30-61)39-25-35(26-39)24-34-8-10-36(11-9-34)49-48-31(2)32(3)67-52(48)63-33(4)58-59-50(63)45(57-49)28-46-55-20-23-65-46/h8-12,15,27,31-33,35,38-41,45-46,48,50,52,55H,5-7,13-14,16-26,28,30H2,1-4H3,(H2-,56,58,59,60,64)/p+1/t31?,32?,33?,35?,38-,39?,40?,41?,45-,46?,48?,50?,52?/m0/s1. The number of hydrogen-bond donors (Lipinski definition) is 4. The number of hydrazine groups is 1. The Morgan fingerprint density at radius 1 is 1.06 bits per heavy atom. The van der Waals surface area contributed by atoms with Crippen molar-refractivity contribution in [2.24, 2.45) is 39.7 Å². The molecule has 7 unspecified atom stereocenters. The predicted octanol–water partition coefficient (Wildman–Crippen LogP) is 7.27. The van der Waals surface area contributed by atoms with Crippen LogP contribution < -0.4 is 26.2 Å². The van der Waals surface area contributed by atoms with Gasteiger partial charge in [-0.3, -0.25) is 24.6 Å². The molecule has 8 aliphatic rings. The summed E-state index contributed by atoms with van der Waals surface area (Å²) < 4.78 is 14.9. The van der Waals surface area contributed by atoms with E-state index in [1.54, 1.807) is 18.2 Å². The molecule has 13 nitrogen and oxygen atoms in total. The third-order valence-electron chi connectivity index (χ3n) is 16.4. The lowest BCUT2D eigenvalue weighted by Crippen LogP contribution is -2.51. The number of hydrogen-bond acceptors (Lipinski definition) is 11. The Morgan fingerprint density at radius 2 is 1.88 bits per heavy atom. The number of ether oxygens (including phenoxy) is 2. The van der Waals surface area contributed by atoms with Gasteiger partial charge in [0.15, 0.2) is 0 Å². The second kappa shape index (κ2) is 20.8. The van der Waals surface area contributed by atoms with Gasteiger partial charge in [-0.25, -0.2) is 10.9 Å². The van der Waals surface area contributed by atoms with Gasteiger partial charge >= 0.3 is 0 Å². The lowest BCUT2D eigenvalue weighted by atomic mass is 9.65. The third-order valence-corrected chi connectivity index (χ3v) is 18.4. The molecular weight excluding hydrogens is 880 g/mol. The Balaban J connectivity index is 0.733. The first-order chi connectivity index (χ1) is 32.6. The van der Waals surface area contributed by atoms with E-state index in [4.69, 9.17) is 31.2 Å². The summed E-state index contributed by atoms with van der Waals surface area (Å²) in [6.07, 6.45) is 13.5. The summed E-state index contributed by atoms with van der Waals surface area (Å²) in [6.45, 7) is 14.0. The van der Waals surface area contributed by atoms with Crippen molar-refractivity contribution < 1.29 is 18.8 Å². The monoisotopic (exact) mass is 952 g/mol. The molecule has 360 valence electrons. The Kier molecular flexibility index (Phi) is 14.6. The number of hydrazone groups is 1. The molecule has 6 heterocycles. The first-order valence-electron chi connectivity index (χ1n) is 25.7. The molecule has 0 aromatic heterocycles. The number of carbonyl (C=O) groups is 1. The Morgan fingerprint density at radius 3 is 2.63 bits per heavy atom. The maximum absolute atomic E-state index is 13.6. The van der Waals surface area contributed by atoms with Gasteiger partial charge in [0.05, 0.1) is 66.6 Å². The van der Waals surface area contributed by atoms with Crippen molar-refractivity contribution in [3.05, 3.63) is 64.2 Å². The van der Waals surface area contributed by atoms with Crippen molar-refractivity contribution in [3.8, 4) is 11.8 Å². The number of benzene rings is 2. The number of rotatable bonds is 12. The molecule has 0 bridgehead atoms. The van der Waals surface area contributed by atoms with E-state index < -0.39 is 0 Å². The highest BCUT2D eigenvalue weighted by atomic mass is 35.5. The Labute approximate surface area is 407 Å². The van der Waals surface area contributed by atoms with Crippen LogP contribution in [0.5, 0.6) is 5.75 Å². The summed E-state index contributed by atoms with van der Waals surface area (Å²) in [7, 11) is 0. The van der Waals surface area contributed by atoms with E-state index in [9.17, 15) is 10.1 Å². The fourth-order valence-electron chi connectivity index (χ4n) is 12.6. The predicted molar refractivity (Wildman–Crippen MR) is 266 cm³/mol. The van der Waals surface area contributed by atoms with Gasteiger partial charge in [0.25, 0.3) is 11.7 Å². The number of piperidine rings is 1. The van der Waals surface area contributed by atoms with E-state index in [-0.39, 0.29) is 42.7 Å². The lowest BCUT2D eigenvalue weighted by molar-refractivity contribution is -0.554. The van der Waals surface area contributed by atoms with E-state index in [0.717, 1.165) is 96.0 Å². The normalized spacial score (nSPS) is 36.5. The minimum absolute atomic E-state index is 0.0270. The van der Waals surface area contributed by atoms with Crippen LogP contribution in [0.2, 0.25) is 5.02 Å². The van der Waals surface area contributed by atoms with Gasteiger partial charge in [-0.2, -0.15) is 5.26 Å². The molecular formula is C52H72ClN10O3S+. The minimum atomic E-state index is -0.0270. The molecule has 6 fully saturated rings. The number of amidine groups is 1. The topological polar surface area (TPSA) is 142 Å². The second-order valence-corrected chi connectivity index (χ2v) is 22.8. The van der Waals surface area contributed by atoms with Crippen molar-refractivity contribution in [2.75, 3.05) is 32.8 Å². The van der Waals surface area contributed by atoms with Crippen LogP contribution in [0.25, 0.3) is 0 Å². The molecule has 2 saturated carbocycles. The number of carbonyl (C=O) groups excluding carboxylic acids is 1. The number of aliphatic imine (C=N–C) groups is 1. The number of halogens is 1. The summed E-state index contributed by atoms with van der Waals surface area (Å²) in [6, 6.07) is 17.1. The van der Waals surface area contributed by atoms with Crippen LogP contribution in [0.15, 0.2) is 52.6 Å². The van der Waals surface area contributed by atoms with Gasteiger partial charge in [0.2, 0.25) is 0 Å². The number of nitrogens with one attached hydrogen (secondary N) is 4. The van der Waals surface area contributed by atoms with Crippen molar-refractivity contribution in [2.45, 2.75) is 159 Å². The SMILES string of the molecule is CCCN1N=C(C(=O)NC2CCC(Oc3ccc(C#N)c(Cl)c3)CC2)CCC1=[N+]1CCC[C@H](C2CC(Cc3ccc(C4=N[C@@H](CC5NCCO5)C5NNC(C)N5C5SC(C)C(C)C45)cc3)C2)C1. The highest BCUT2D eigenvalue weighted by Gasteiger charge is 2.53. The van der Waals surface area contributed by atoms with Crippen molar-refractivity contribution in [3.63, 3.8) is 0 Å². The molecule has 2 aliphatic carbocycles. The number of nitrogens with zero attached hydrogens (tertiary/aromatic N) is 6. The fraction of sp³-hybridized carbons (Fsp3) is 0.673. The number of thioether (sulfide) groups is 1. The fourth-order valence-corrected chi connectivity index (χ4v) is 14.6. The smallest absolute Gasteiger partial charge is 0.272 e. The zero-order valence-corrected chi connectivity index (χ0v) is 41.5. The number of fused-ring (bicyclic) bond motifs is 3. The quantitative estimate of drug-likeness (QED) is 0.161. The van der Waals surface area contributed by atoms with E-state index >= 15 is 0 Å². The molecule has 10 rings (SSSR count). The van der Waals surface area contributed by atoms with Gasteiger partial charge in [0, 0.05) is 48.4 Å². The third kappa shape index (κ3) is 10.2. The molecule has 2 aromatic rings. The largest absolute Gasteiger partial charge is 0.490 e. The number of nitriles is 1. The van der Waals surface area contributed by atoms with Gasteiger partial charge in [-0.1, -0.05) is 61.7 Å². The molecule has 0 radical (unpaired) electrons. The van der Waals surface area contributed by atoms with Crippen LogP contribution in [0.1, 0.15) is 121 Å². The zero-order chi connectivity index (χ0) is 46.2. The molecule has 6 aliphatic heterocycles. The molecule has 4 N–H and O–H groups in total. The highest BCUT2D eigenvalue weighted by molar-refractivity contribution is 8.00. The molecule has 4 saturated heterocycles. The summed E-state index contributed by atoms with van der Waals surface area (Å²) in [4.78, 5) is 22.0. The van der Waals surface area contributed by atoms with Gasteiger partial charge in [0.1, 0.15) is 30.3 Å². The van der Waals surface area contributed by atoms with Crippen molar-refractivity contribution >= 4 is 46.5 Å². The van der Waals surface area contributed by atoms with Crippen LogP contribution in [0.3, 0.4) is 0 Å². The van der Waals surface area contributed by atoms with Crippen LogP contribution in [-0.2, 0) is 16.0 Å². The van der Waals surface area contributed by atoms with Crippen LogP contribution in [0.4, 0.5) is 0 Å². The average molecular weight is 953 g/mol. The van der Waals surface area contributed by atoms with E-state index in [1.807, 2.05) is 0 Å². The van der Waals surface area contributed by atoms with Gasteiger partial charge in [-0.15, -0.1) is 16.8 Å². The number of amides is 1. The van der Waals surface area contributed by atoms with Crippen molar-refractivity contribution in [1.82, 2.24) is 31.4 Å². The van der Waals surface area contributed by atoms with E-state index in [1.165, 1.54) is 48.4 Å². The summed E-state index contributed by atoms with van der Waals surface area (Å²) in [5, 5.41) is 24.6. The second-order valence-electron chi connectivity index (χ2n) is 20.9. The van der Waals surface area contributed by atoms with Crippen LogP contribution in [-0.4, -0.2) is 118 Å². The van der Waals surface area contributed by atoms with Crippen LogP contribution in [0, 0.1) is 40.9 Å². The van der Waals surface area contributed by atoms with Crippen molar-refractivity contribution in [1.29, 1.82) is 5.26 Å². The zero-order valence-electron chi connectivity index (χ0n) is 40.0. The Hall–Kier alpha value is -3.55. The highest BCUT2D eigenvalue weighted by Crippen LogP contribution is 2.50. The molecule has 0 spiro atoms. The Bertz CT molecular complexity index is 2230. The van der Waals surface area contributed by atoms with E-state index in [2.05, 4.69) is 106 Å². The maximum Gasteiger partial charge on any atom is 0.272 e. The molecule has 67 heavy (non-hydrogen) atoms. The summed E-state index contributed by atoms with van der Waals surface area (Å²) >= 11 is 8.35. The minimum Gasteiger partial charge on any atom is -0.490 e. The molecule has 1 amide bonds. The van der Waals surface area contributed by atoms with E-state index in [0.29, 0.717) is 56.8 Å². The summed E-state index contributed by atoms with van der Waals surface area (Å²) in [5.41, 5.74) is 12.3. The molecule has 2 aromatic carbocycles. The average Bonchev–Trinajstić information content (AvgIpc) is 4.03. The van der Waals surface area contributed by atoms with Gasteiger partial charge in [-0.05, 0) is 118 Å². The summed E-state index contributed by atoms with van der Waals surface area (Å²) in [5.74, 6) is 5.08. The molecule has 15 heteroatoms. The lowest BCUT2D eigenvalue weighted by Gasteiger charge is -2.42. The van der Waals surface area contributed by atoms with Gasteiger partial charge < -0.3 is 14.8 Å². The van der Waals surface area contributed by atoms with Crippen LogP contribution >= 0.6 is 23.4 Å². The first kappa shape index (κ1) is 47.1. The maximum atomic E-state index is 13.6. The first-order valence-corrected chi connectivity index (χ1v) is 27.0.